The fourth-order valence-corrected chi connectivity index (χ4v) is 2.34. The van der Waals surface area contributed by atoms with Crippen LogP contribution >= 0.6 is 11.6 Å². The number of nitrogens with one attached hydrogen (secondary N) is 1. The van der Waals surface area contributed by atoms with Gasteiger partial charge in [0.1, 0.15) is 18.0 Å². The number of para-hydroxylation sites is 1. The van der Waals surface area contributed by atoms with Gasteiger partial charge in [-0.15, -0.1) is 0 Å². The molecule has 0 aromatic heterocycles. The van der Waals surface area contributed by atoms with E-state index in [9.17, 15) is 0 Å². The predicted octanol–water partition coefficient (Wildman–Crippen LogP) is 2.87. The van der Waals surface area contributed by atoms with E-state index in [1.165, 1.54) is 0 Å². The Labute approximate surface area is 113 Å². The molecule has 0 spiro atoms. The number of rotatable bonds is 6. The molecule has 1 aromatic carbocycles. The molecule has 3 nitrogen and oxygen atoms in total. The molecular formula is C14H20ClNO2. The zero-order chi connectivity index (χ0) is 13.0. The molecule has 100 valence electrons. The number of hydrogen-bond donors (Lipinski definition) is 1. The van der Waals surface area contributed by atoms with Crippen molar-refractivity contribution in [1.29, 1.82) is 0 Å². The van der Waals surface area contributed by atoms with Gasteiger partial charge in [-0.2, -0.15) is 0 Å². The smallest absolute Gasteiger partial charge is 0.138 e. The Morgan fingerprint density at radius 2 is 2.17 bits per heavy atom. The Morgan fingerprint density at radius 3 is 2.83 bits per heavy atom. The lowest BCUT2D eigenvalue weighted by Gasteiger charge is -2.43. The second-order valence-corrected chi connectivity index (χ2v) is 4.96. The van der Waals surface area contributed by atoms with Crippen LogP contribution in [0.15, 0.2) is 24.3 Å². The molecule has 0 heterocycles. The summed E-state index contributed by atoms with van der Waals surface area (Å²) in [4.78, 5) is 0. The first-order valence-corrected chi connectivity index (χ1v) is 6.84. The first kappa shape index (κ1) is 13.7. The highest BCUT2D eigenvalue weighted by atomic mass is 35.5. The Hall–Kier alpha value is -0.770. The number of benzene rings is 1. The van der Waals surface area contributed by atoms with Crippen LogP contribution in [-0.2, 0) is 4.74 Å². The van der Waals surface area contributed by atoms with Gasteiger partial charge >= 0.3 is 0 Å². The lowest BCUT2D eigenvalue weighted by atomic mass is 9.85. The third kappa shape index (κ3) is 2.97. The van der Waals surface area contributed by atoms with E-state index in [4.69, 9.17) is 21.1 Å². The quantitative estimate of drug-likeness (QED) is 0.861. The van der Waals surface area contributed by atoms with Gasteiger partial charge in [0, 0.05) is 19.1 Å². The lowest BCUT2D eigenvalue weighted by Crippen LogP contribution is -2.60. The molecule has 4 heteroatoms. The van der Waals surface area contributed by atoms with Crippen molar-refractivity contribution in [3.05, 3.63) is 29.3 Å². The van der Waals surface area contributed by atoms with E-state index in [-0.39, 0.29) is 12.2 Å². The minimum Gasteiger partial charge on any atom is -0.486 e. The summed E-state index contributed by atoms with van der Waals surface area (Å²) in [5.41, 5.74) is 0. The minimum atomic E-state index is 0.0916. The van der Waals surface area contributed by atoms with Crippen LogP contribution in [0.25, 0.3) is 0 Å². The van der Waals surface area contributed by atoms with Crippen LogP contribution in [0, 0.1) is 0 Å². The topological polar surface area (TPSA) is 30.5 Å². The molecule has 3 unspecified atom stereocenters. The third-order valence-electron chi connectivity index (χ3n) is 3.25. The standard InChI is InChI=1S/C14H20ClNO2/c1-3-8-17-14-11(16-2)9-13(14)18-12-7-5-4-6-10(12)15/h4-7,11,13-14,16H,3,8-9H2,1-2H3. The highest BCUT2D eigenvalue weighted by molar-refractivity contribution is 6.32. The van der Waals surface area contributed by atoms with E-state index in [1.807, 2.05) is 31.3 Å². The van der Waals surface area contributed by atoms with E-state index < -0.39 is 0 Å². The van der Waals surface area contributed by atoms with Gasteiger partial charge in [-0.05, 0) is 25.6 Å². The van der Waals surface area contributed by atoms with Crippen LogP contribution in [0.2, 0.25) is 5.02 Å². The fourth-order valence-electron chi connectivity index (χ4n) is 2.16. The first-order chi connectivity index (χ1) is 8.76. The predicted molar refractivity (Wildman–Crippen MR) is 73.4 cm³/mol. The molecule has 0 amide bonds. The van der Waals surface area contributed by atoms with Crippen LogP contribution in [0.5, 0.6) is 5.75 Å². The van der Waals surface area contributed by atoms with Crippen molar-refractivity contribution in [2.75, 3.05) is 13.7 Å². The van der Waals surface area contributed by atoms with Crippen LogP contribution in [0.4, 0.5) is 0 Å². The van der Waals surface area contributed by atoms with Gasteiger partial charge in [0.25, 0.3) is 0 Å². The van der Waals surface area contributed by atoms with E-state index in [0.717, 1.165) is 25.2 Å². The molecule has 0 saturated heterocycles. The number of ether oxygens (including phenoxy) is 2. The van der Waals surface area contributed by atoms with Crippen LogP contribution in [0.1, 0.15) is 19.8 Å². The molecule has 0 radical (unpaired) electrons. The largest absolute Gasteiger partial charge is 0.486 e. The van der Waals surface area contributed by atoms with Gasteiger partial charge in [0.05, 0.1) is 5.02 Å². The second kappa shape index (κ2) is 6.41. The zero-order valence-electron chi connectivity index (χ0n) is 10.9. The van der Waals surface area contributed by atoms with E-state index >= 15 is 0 Å². The van der Waals surface area contributed by atoms with E-state index in [0.29, 0.717) is 11.1 Å². The van der Waals surface area contributed by atoms with Gasteiger partial charge in [0.2, 0.25) is 0 Å². The molecule has 1 saturated carbocycles. The summed E-state index contributed by atoms with van der Waals surface area (Å²) in [6.45, 7) is 2.88. The minimum absolute atomic E-state index is 0.0916. The van der Waals surface area contributed by atoms with Crippen molar-refractivity contribution < 1.29 is 9.47 Å². The molecular weight excluding hydrogens is 250 g/mol. The highest BCUT2D eigenvalue weighted by Crippen LogP contribution is 2.32. The molecule has 3 atom stereocenters. The zero-order valence-corrected chi connectivity index (χ0v) is 11.6. The van der Waals surface area contributed by atoms with Crippen molar-refractivity contribution in [2.24, 2.45) is 0 Å². The Kier molecular flexibility index (Phi) is 4.87. The Balaban J connectivity index is 1.95. The summed E-state index contributed by atoms with van der Waals surface area (Å²) in [5, 5.41) is 3.91. The highest BCUT2D eigenvalue weighted by Gasteiger charge is 2.43. The molecule has 0 aliphatic heterocycles. The van der Waals surface area contributed by atoms with Gasteiger partial charge in [-0.25, -0.2) is 0 Å². The molecule has 1 fully saturated rings. The summed E-state index contributed by atoms with van der Waals surface area (Å²) < 4.78 is 11.8. The molecule has 2 rings (SSSR count). The van der Waals surface area contributed by atoms with E-state index in [1.54, 1.807) is 0 Å². The van der Waals surface area contributed by atoms with Crippen LogP contribution in [-0.4, -0.2) is 31.9 Å². The summed E-state index contributed by atoms with van der Waals surface area (Å²) >= 11 is 6.09. The van der Waals surface area contributed by atoms with Gasteiger partial charge in [-0.3, -0.25) is 0 Å². The fraction of sp³-hybridized carbons (Fsp3) is 0.571. The van der Waals surface area contributed by atoms with Crippen molar-refractivity contribution in [3.8, 4) is 5.75 Å². The summed E-state index contributed by atoms with van der Waals surface area (Å²) in [6.07, 6.45) is 2.18. The van der Waals surface area contributed by atoms with Crippen molar-refractivity contribution in [3.63, 3.8) is 0 Å². The molecule has 1 N–H and O–H groups in total. The lowest BCUT2D eigenvalue weighted by molar-refractivity contribution is -0.106. The van der Waals surface area contributed by atoms with Gasteiger partial charge in [-0.1, -0.05) is 30.7 Å². The average Bonchev–Trinajstić information content (AvgIpc) is 2.36. The molecule has 1 aliphatic carbocycles. The number of hydrogen-bond acceptors (Lipinski definition) is 3. The summed E-state index contributed by atoms with van der Waals surface area (Å²) in [6, 6.07) is 7.94. The molecule has 1 aliphatic rings. The Bertz CT molecular complexity index is 386. The number of likely N-dealkylation sites (N-methyl/N-ethyl adjacent to an activating group) is 1. The maximum absolute atomic E-state index is 6.09. The molecule has 18 heavy (non-hydrogen) atoms. The summed E-state index contributed by atoms with van der Waals surface area (Å²) in [5.74, 6) is 0.740. The van der Waals surface area contributed by atoms with Crippen LogP contribution in [0.3, 0.4) is 0 Å². The maximum atomic E-state index is 6.09. The van der Waals surface area contributed by atoms with Crippen LogP contribution < -0.4 is 10.1 Å². The Morgan fingerprint density at radius 1 is 1.39 bits per heavy atom. The SMILES string of the molecule is CCCOC1C(NC)CC1Oc1ccccc1Cl. The third-order valence-corrected chi connectivity index (χ3v) is 3.56. The van der Waals surface area contributed by atoms with Crippen molar-refractivity contribution in [2.45, 2.75) is 38.0 Å². The normalized spacial score (nSPS) is 26.7. The summed E-state index contributed by atoms with van der Waals surface area (Å²) in [7, 11) is 1.96. The maximum Gasteiger partial charge on any atom is 0.138 e. The molecule has 1 aromatic rings. The van der Waals surface area contributed by atoms with E-state index in [2.05, 4.69) is 12.2 Å². The van der Waals surface area contributed by atoms with Crippen molar-refractivity contribution in [1.82, 2.24) is 5.32 Å². The average molecular weight is 270 g/mol. The van der Waals surface area contributed by atoms with Gasteiger partial charge < -0.3 is 14.8 Å². The number of halogens is 1. The monoisotopic (exact) mass is 269 g/mol. The van der Waals surface area contributed by atoms with Crippen molar-refractivity contribution >= 4 is 11.6 Å². The first-order valence-electron chi connectivity index (χ1n) is 6.46. The molecule has 0 bridgehead atoms. The second-order valence-electron chi connectivity index (χ2n) is 4.55. The van der Waals surface area contributed by atoms with Gasteiger partial charge in [0.15, 0.2) is 0 Å².